The molecule has 0 saturated carbocycles. The lowest BCUT2D eigenvalue weighted by Gasteiger charge is -2.18. The van der Waals surface area contributed by atoms with Crippen LogP contribution < -0.4 is 10.9 Å². The molecule has 0 radical (unpaired) electrons. The van der Waals surface area contributed by atoms with Gasteiger partial charge in [-0.15, -0.1) is 0 Å². The van der Waals surface area contributed by atoms with Crippen LogP contribution in [-0.4, -0.2) is 4.92 Å². The van der Waals surface area contributed by atoms with Crippen LogP contribution >= 0.6 is 15.9 Å². The van der Waals surface area contributed by atoms with Gasteiger partial charge in [0.2, 0.25) is 0 Å². The zero-order chi connectivity index (χ0) is 13.8. The lowest BCUT2D eigenvalue weighted by atomic mass is 10.2. The standard InChI is InChI=1S/C13H12BrN3O2/c14-11-6-7-12(13(8-11)17(18)19)16(15)9-10-4-2-1-3-5-10/h1-8H,9,15H2. The highest BCUT2D eigenvalue weighted by Crippen LogP contribution is 2.30. The topological polar surface area (TPSA) is 72.4 Å². The van der Waals surface area contributed by atoms with E-state index in [-0.39, 0.29) is 5.69 Å². The van der Waals surface area contributed by atoms with Crippen molar-refractivity contribution in [3.8, 4) is 0 Å². The average Bonchev–Trinajstić information content (AvgIpc) is 2.39. The number of nitro benzene ring substituents is 1. The van der Waals surface area contributed by atoms with Gasteiger partial charge in [0, 0.05) is 10.5 Å². The van der Waals surface area contributed by atoms with Gasteiger partial charge < -0.3 is 5.01 Å². The SMILES string of the molecule is NN(Cc1ccccc1)c1ccc(Br)cc1[N+](=O)[O-]. The molecule has 0 aliphatic heterocycles. The van der Waals surface area contributed by atoms with Crippen molar-refractivity contribution in [2.24, 2.45) is 5.84 Å². The molecule has 5 nitrogen and oxygen atoms in total. The third kappa shape index (κ3) is 3.30. The monoisotopic (exact) mass is 321 g/mol. The molecule has 6 heteroatoms. The molecular weight excluding hydrogens is 310 g/mol. The molecule has 0 saturated heterocycles. The Morgan fingerprint density at radius 1 is 1.21 bits per heavy atom. The number of nitrogens with two attached hydrogens (primary N) is 1. The van der Waals surface area contributed by atoms with E-state index in [4.69, 9.17) is 5.84 Å². The quantitative estimate of drug-likeness (QED) is 0.533. The minimum Gasteiger partial charge on any atom is -0.300 e. The molecule has 2 aromatic rings. The molecule has 2 aromatic carbocycles. The Hall–Kier alpha value is -1.92. The van der Waals surface area contributed by atoms with E-state index in [0.29, 0.717) is 16.7 Å². The van der Waals surface area contributed by atoms with Gasteiger partial charge in [0.15, 0.2) is 0 Å². The molecule has 0 bridgehead atoms. The van der Waals surface area contributed by atoms with Crippen LogP contribution in [0.15, 0.2) is 53.0 Å². The Morgan fingerprint density at radius 2 is 1.89 bits per heavy atom. The molecule has 98 valence electrons. The second-order valence-corrected chi connectivity index (χ2v) is 4.92. The second kappa shape index (κ2) is 5.81. The summed E-state index contributed by atoms with van der Waals surface area (Å²) in [5.41, 5.74) is 1.35. The van der Waals surface area contributed by atoms with E-state index in [0.717, 1.165) is 5.56 Å². The fraction of sp³-hybridized carbons (Fsp3) is 0.0769. The molecule has 2 rings (SSSR count). The molecule has 2 N–H and O–H groups in total. The average molecular weight is 322 g/mol. The molecule has 0 spiro atoms. The van der Waals surface area contributed by atoms with Crippen molar-refractivity contribution >= 4 is 27.3 Å². The number of hydrogen-bond acceptors (Lipinski definition) is 4. The zero-order valence-corrected chi connectivity index (χ0v) is 11.6. The minimum atomic E-state index is -0.440. The van der Waals surface area contributed by atoms with E-state index in [9.17, 15) is 10.1 Å². The number of hydrogen-bond donors (Lipinski definition) is 1. The van der Waals surface area contributed by atoms with E-state index in [1.165, 1.54) is 11.1 Å². The number of halogens is 1. The number of nitrogens with zero attached hydrogens (tertiary/aromatic N) is 2. The zero-order valence-electron chi connectivity index (χ0n) is 9.99. The van der Waals surface area contributed by atoms with Crippen LogP contribution in [0, 0.1) is 10.1 Å². The fourth-order valence-electron chi connectivity index (χ4n) is 1.75. The molecule has 0 atom stereocenters. The van der Waals surface area contributed by atoms with Gasteiger partial charge >= 0.3 is 0 Å². The van der Waals surface area contributed by atoms with Gasteiger partial charge in [-0.3, -0.25) is 10.1 Å². The van der Waals surface area contributed by atoms with Crippen molar-refractivity contribution in [3.63, 3.8) is 0 Å². The maximum atomic E-state index is 11.0. The first-order valence-electron chi connectivity index (χ1n) is 5.58. The van der Waals surface area contributed by atoms with Crippen molar-refractivity contribution in [1.82, 2.24) is 0 Å². The summed E-state index contributed by atoms with van der Waals surface area (Å²) < 4.78 is 0.649. The summed E-state index contributed by atoms with van der Waals surface area (Å²) in [6.45, 7) is 0.406. The van der Waals surface area contributed by atoms with Crippen LogP contribution in [0.5, 0.6) is 0 Å². The lowest BCUT2D eigenvalue weighted by Crippen LogP contribution is -2.30. The number of anilines is 1. The molecule has 0 aliphatic rings. The summed E-state index contributed by atoms with van der Waals surface area (Å²) in [4.78, 5) is 10.6. The van der Waals surface area contributed by atoms with Crippen molar-refractivity contribution in [3.05, 3.63) is 68.7 Å². The maximum absolute atomic E-state index is 11.0. The summed E-state index contributed by atoms with van der Waals surface area (Å²) in [6.07, 6.45) is 0. The molecule has 0 aromatic heterocycles. The Kier molecular flexibility index (Phi) is 4.13. The summed E-state index contributed by atoms with van der Waals surface area (Å²) in [7, 11) is 0. The third-order valence-electron chi connectivity index (χ3n) is 2.64. The van der Waals surface area contributed by atoms with Crippen molar-refractivity contribution in [2.45, 2.75) is 6.54 Å². The van der Waals surface area contributed by atoms with Crippen LogP contribution in [0.3, 0.4) is 0 Å². The van der Waals surface area contributed by atoms with Gasteiger partial charge in [0.05, 0.1) is 11.5 Å². The lowest BCUT2D eigenvalue weighted by molar-refractivity contribution is -0.384. The van der Waals surface area contributed by atoms with Gasteiger partial charge in [0.25, 0.3) is 5.69 Å². The van der Waals surface area contributed by atoms with Crippen LogP contribution in [0.25, 0.3) is 0 Å². The number of benzene rings is 2. The van der Waals surface area contributed by atoms with Crippen molar-refractivity contribution in [2.75, 3.05) is 5.01 Å². The predicted octanol–water partition coefficient (Wildman–Crippen LogP) is 3.24. The van der Waals surface area contributed by atoms with Gasteiger partial charge in [-0.05, 0) is 17.7 Å². The van der Waals surface area contributed by atoms with Crippen molar-refractivity contribution < 1.29 is 4.92 Å². The Balaban J connectivity index is 2.28. The predicted molar refractivity (Wildman–Crippen MR) is 77.6 cm³/mol. The smallest absolute Gasteiger partial charge is 0.295 e. The van der Waals surface area contributed by atoms with Gasteiger partial charge in [-0.1, -0.05) is 46.3 Å². The summed E-state index contributed by atoms with van der Waals surface area (Å²) in [5, 5.41) is 12.4. The first-order valence-corrected chi connectivity index (χ1v) is 6.37. The largest absolute Gasteiger partial charge is 0.300 e. The number of hydrazine groups is 1. The molecule has 0 unspecified atom stereocenters. The third-order valence-corrected chi connectivity index (χ3v) is 3.13. The number of nitro groups is 1. The van der Waals surface area contributed by atoms with E-state index >= 15 is 0 Å². The first-order chi connectivity index (χ1) is 9.08. The van der Waals surface area contributed by atoms with E-state index < -0.39 is 4.92 Å². The van der Waals surface area contributed by atoms with Gasteiger partial charge in [-0.25, -0.2) is 5.84 Å². The summed E-state index contributed by atoms with van der Waals surface area (Å²) >= 11 is 3.22. The molecule has 0 fully saturated rings. The highest BCUT2D eigenvalue weighted by atomic mass is 79.9. The van der Waals surface area contributed by atoms with Crippen LogP contribution in [0.1, 0.15) is 5.56 Å². The fourth-order valence-corrected chi connectivity index (χ4v) is 2.10. The first kappa shape index (κ1) is 13.5. The van der Waals surface area contributed by atoms with E-state index in [1.807, 2.05) is 30.3 Å². The molecule has 0 amide bonds. The summed E-state index contributed by atoms with van der Waals surface area (Å²) in [5.74, 6) is 5.93. The minimum absolute atomic E-state index is 0.0205. The summed E-state index contributed by atoms with van der Waals surface area (Å²) in [6, 6.07) is 14.4. The molecule has 0 heterocycles. The normalized spacial score (nSPS) is 10.2. The molecule has 0 aliphatic carbocycles. The highest BCUT2D eigenvalue weighted by Gasteiger charge is 2.18. The molecule has 19 heavy (non-hydrogen) atoms. The van der Waals surface area contributed by atoms with Crippen LogP contribution in [-0.2, 0) is 6.54 Å². The second-order valence-electron chi connectivity index (χ2n) is 4.00. The van der Waals surface area contributed by atoms with E-state index in [1.54, 1.807) is 12.1 Å². The Bertz CT molecular complexity index is 590. The maximum Gasteiger partial charge on any atom is 0.295 e. The Morgan fingerprint density at radius 3 is 2.53 bits per heavy atom. The van der Waals surface area contributed by atoms with Crippen LogP contribution in [0.2, 0.25) is 0 Å². The highest BCUT2D eigenvalue weighted by molar-refractivity contribution is 9.10. The Labute approximate surface area is 118 Å². The van der Waals surface area contributed by atoms with Crippen LogP contribution in [0.4, 0.5) is 11.4 Å². The van der Waals surface area contributed by atoms with Gasteiger partial charge in [-0.2, -0.15) is 0 Å². The van der Waals surface area contributed by atoms with Gasteiger partial charge in [0.1, 0.15) is 5.69 Å². The van der Waals surface area contributed by atoms with Crippen molar-refractivity contribution in [1.29, 1.82) is 0 Å². The number of rotatable bonds is 4. The molecular formula is C13H12BrN3O2. The van der Waals surface area contributed by atoms with E-state index in [2.05, 4.69) is 15.9 Å².